The Morgan fingerprint density at radius 2 is 1.85 bits per heavy atom. The normalized spacial score (nSPS) is 22.5. The van der Waals surface area contributed by atoms with Gasteiger partial charge in [-0.15, -0.1) is 0 Å². The van der Waals surface area contributed by atoms with Gasteiger partial charge in [0, 0.05) is 12.0 Å². The van der Waals surface area contributed by atoms with Crippen LogP contribution in [-0.2, 0) is 10.2 Å². The Balaban J connectivity index is 1.67. The third-order valence-electron chi connectivity index (χ3n) is 4.74. The van der Waals surface area contributed by atoms with E-state index in [2.05, 4.69) is 5.32 Å². The van der Waals surface area contributed by atoms with Crippen molar-refractivity contribution in [3.63, 3.8) is 0 Å². The molecule has 0 aliphatic heterocycles. The first-order chi connectivity index (χ1) is 9.56. The van der Waals surface area contributed by atoms with Crippen LogP contribution in [0.15, 0.2) is 24.3 Å². The van der Waals surface area contributed by atoms with Crippen LogP contribution in [0.4, 0.5) is 4.39 Å². The van der Waals surface area contributed by atoms with Crippen LogP contribution in [0.5, 0.6) is 0 Å². The van der Waals surface area contributed by atoms with Crippen LogP contribution in [0, 0.1) is 5.82 Å². The van der Waals surface area contributed by atoms with Crippen molar-refractivity contribution >= 4 is 5.91 Å². The van der Waals surface area contributed by atoms with Gasteiger partial charge in [-0.3, -0.25) is 4.79 Å². The summed E-state index contributed by atoms with van der Waals surface area (Å²) in [5, 5.41) is 13.1. The van der Waals surface area contributed by atoms with Gasteiger partial charge in [0.05, 0.1) is 0 Å². The van der Waals surface area contributed by atoms with Gasteiger partial charge in [-0.25, -0.2) is 4.39 Å². The van der Waals surface area contributed by atoms with Crippen molar-refractivity contribution in [2.45, 2.75) is 49.5 Å². The number of nitrogens with one attached hydrogen (secondary N) is 1. The van der Waals surface area contributed by atoms with Gasteiger partial charge in [0.15, 0.2) is 0 Å². The maximum atomic E-state index is 13.9. The van der Waals surface area contributed by atoms with Crippen molar-refractivity contribution in [1.82, 2.24) is 5.32 Å². The zero-order valence-corrected chi connectivity index (χ0v) is 11.5. The molecule has 108 valence electrons. The third kappa shape index (κ3) is 2.33. The highest BCUT2D eigenvalue weighted by Gasteiger charge is 2.47. The van der Waals surface area contributed by atoms with Gasteiger partial charge in [-0.2, -0.15) is 0 Å². The lowest BCUT2D eigenvalue weighted by atomic mass is 9.94. The average Bonchev–Trinajstić information content (AvgIpc) is 3.10. The fraction of sp³-hybridized carbons (Fsp3) is 0.562. The van der Waals surface area contributed by atoms with Gasteiger partial charge < -0.3 is 10.4 Å². The second-order valence-corrected chi connectivity index (χ2v) is 6.18. The summed E-state index contributed by atoms with van der Waals surface area (Å²) in [6, 6.07) is 6.75. The number of aliphatic hydroxyl groups is 1. The summed E-state index contributed by atoms with van der Waals surface area (Å²) in [4.78, 5) is 12.1. The largest absolute Gasteiger partial charge is 0.380 e. The van der Waals surface area contributed by atoms with E-state index < -0.39 is 5.60 Å². The van der Waals surface area contributed by atoms with E-state index in [1.54, 1.807) is 12.1 Å². The fourth-order valence-electron chi connectivity index (χ4n) is 3.18. The minimum atomic E-state index is -1.20. The first-order valence-corrected chi connectivity index (χ1v) is 7.32. The van der Waals surface area contributed by atoms with E-state index in [1.165, 1.54) is 6.07 Å². The molecule has 1 aromatic carbocycles. The molecule has 3 nitrogen and oxygen atoms in total. The standard InChI is InChI=1S/C16H20FNO2/c17-13-6-2-1-5-12(13)15(9-10-15)11-18-14(19)16(20)7-3-4-8-16/h1-2,5-6,20H,3-4,7-11H2,(H,18,19). The summed E-state index contributed by atoms with van der Waals surface area (Å²) in [7, 11) is 0. The molecule has 2 saturated carbocycles. The van der Waals surface area contributed by atoms with Crippen molar-refractivity contribution < 1.29 is 14.3 Å². The lowest BCUT2D eigenvalue weighted by Crippen LogP contribution is -2.47. The molecular weight excluding hydrogens is 257 g/mol. The number of carbonyl (C=O) groups is 1. The van der Waals surface area contributed by atoms with Crippen molar-refractivity contribution in [3.8, 4) is 0 Å². The third-order valence-corrected chi connectivity index (χ3v) is 4.74. The van der Waals surface area contributed by atoms with Gasteiger partial charge in [-0.05, 0) is 50.2 Å². The Labute approximate surface area is 118 Å². The molecule has 0 spiro atoms. The minimum Gasteiger partial charge on any atom is -0.380 e. The molecule has 1 amide bonds. The number of rotatable bonds is 4. The minimum absolute atomic E-state index is 0.209. The molecule has 2 aliphatic rings. The molecule has 1 aromatic rings. The summed E-state index contributed by atoms with van der Waals surface area (Å²) < 4.78 is 13.9. The Kier molecular flexibility index (Phi) is 3.28. The number of benzene rings is 1. The Morgan fingerprint density at radius 1 is 1.20 bits per heavy atom. The molecule has 0 saturated heterocycles. The Bertz CT molecular complexity index is 519. The molecule has 2 N–H and O–H groups in total. The molecule has 0 atom stereocenters. The van der Waals surface area contributed by atoms with Crippen molar-refractivity contribution in [1.29, 1.82) is 0 Å². The highest BCUT2D eigenvalue weighted by molar-refractivity contribution is 5.85. The van der Waals surface area contributed by atoms with E-state index in [1.807, 2.05) is 6.07 Å². The zero-order chi connectivity index (χ0) is 14.2. The van der Waals surface area contributed by atoms with Crippen LogP contribution in [-0.4, -0.2) is 23.2 Å². The molecule has 2 aliphatic carbocycles. The van der Waals surface area contributed by atoms with E-state index in [9.17, 15) is 14.3 Å². The van der Waals surface area contributed by atoms with Crippen LogP contribution < -0.4 is 5.32 Å². The molecule has 2 fully saturated rings. The number of carbonyl (C=O) groups excluding carboxylic acids is 1. The lowest BCUT2D eigenvalue weighted by Gasteiger charge is -2.24. The number of hydrogen-bond acceptors (Lipinski definition) is 2. The number of amides is 1. The van der Waals surface area contributed by atoms with Gasteiger partial charge in [0.25, 0.3) is 5.91 Å². The molecular formula is C16H20FNO2. The van der Waals surface area contributed by atoms with Crippen molar-refractivity contribution in [3.05, 3.63) is 35.6 Å². The average molecular weight is 277 g/mol. The summed E-state index contributed by atoms with van der Waals surface area (Å²) in [6.45, 7) is 0.412. The molecule has 3 rings (SSSR count). The Hall–Kier alpha value is -1.42. The second kappa shape index (κ2) is 4.85. The van der Waals surface area contributed by atoms with Gasteiger partial charge in [-0.1, -0.05) is 18.2 Å². The summed E-state index contributed by atoms with van der Waals surface area (Å²) in [6.07, 6.45) is 4.61. The molecule has 0 radical (unpaired) electrons. The van der Waals surface area contributed by atoms with E-state index in [0.29, 0.717) is 24.9 Å². The van der Waals surface area contributed by atoms with Crippen LogP contribution in [0.25, 0.3) is 0 Å². The highest BCUT2D eigenvalue weighted by Crippen LogP contribution is 2.48. The second-order valence-electron chi connectivity index (χ2n) is 6.18. The molecule has 4 heteroatoms. The van der Waals surface area contributed by atoms with E-state index >= 15 is 0 Å². The maximum Gasteiger partial charge on any atom is 0.251 e. The van der Waals surface area contributed by atoms with Gasteiger partial charge >= 0.3 is 0 Å². The monoisotopic (exact) mass is 277 g/mol. The maximum absolute atomic E-state index is 13.9. The SMILES string of the molecule is O=C(NCC1(c2ccccc2F)CC1)C1(O)CCCC1. The first kappa shape index (κ1) is 13.6. The van der Waals surface area contributed by atoms with Crippen LogP contribution in [0.1, 0.15) is 44.1 Å². The summed E-state index contributed by atoms with van der Waals surface area (Å²) >= 11 is 0. The molecule has 0 aromatic heterocycles. The summed E-state index contributed by atoms with van der Waals surface area (Å²) in [5.41, 5.74) is -0.792. The molecule has 0 bridgehead atoms. The Morgan fingerprint density at radius 3 is 2.45 bits per heavy atom. The van der Waals surface area contributed by atoms with Gasteiger partial charge in [0.1, 0.15) is 11.4 Å². The summed E-state index contributed by atoms with van der Waals surface area (Å²) in [5.74, 6) is -0.503. The number of halogens is 1. The quantitative estimate of drug-likeness (QED) is 0.887. The predicted molar refractivity (Wildman–Crippen MR) is 73.7 cm³/mol. The van der Waals surface area contributed by atoms with Crippen LogP contribution >= 0.6 is 0 Å². The van der Waals surface area contributed by atoms with E-state index in [0.717, 1.165) is 25.7 Å². The molecule has 20 heavy (non-hydrogen) atoms. The van der Waals surface area contributed by atoms with Crippen LogP contribution in [0.3, 0.4) is 0 Å². The first-order valence-electron chi connectivity index (χ1n) is 7.32. The number of hydrogen-bond donors (Lipinski definition) is 2. The zero-order valence-electron chi connectivity index (χ0n) is 11.5. The predicted octanol–water partition coefficient (Wildman–Crippen LogP) is 2.28. The highest BCUT2D eigenvalue weighted by atomic mass is 19.1. The molecule has 0 unspecified atom stereocenters. The van der Waals surface area contributed by atoms with Gasteiger partial charge in [0.2, 0.25) is 0 Å². The van der Waals surface area contributed by atoms with Crippen molar-refractivity contribution in [2.24, 2.45) is 0 Å². The fourth-order valence-corrected chi connectivity index (χ4v) is 3.18. The lowest BCUT2D eigenvalue weighted by molar-refractivity contribution is -0.139. The van der Waals surface area contributed by atoms with E-state index in [-0.39, 0.29) is 17.1 Å². The topological polar surface area (TPSA) is 49.3 Å². The van der Waals surface area contributed by atoms with Crippen LogP contribution in [0.2, 0.25) is 0 Å². The molecule has 0 heterocycles. The van der Waals surface area contributed by atoms with E-state index in [4.69, 9.17) is 0 Å². The van der Waals surface area contributed by atoms with Crippen molar-refractivity contribution in [2.75, 3.05) is 6.54 Å². The smallest absolute Gasteiger partial charge is 0.251 e.